The minimum atomic E-state index is -5.27. The largest absolute Gasteiger partial charge is 1.00 e. The molecule has 0 atom stereocenters. The first-order chi connectivity index (χ1) is 4.61. The van der Waals surface area contributed by atoms with Crippen LogP contribution in [-0.2, 0) is 6.21 Å². The van der Waals surface area contributed by atoms with Gasteiger partial charge in [-0.2, -0.15) is 0 Å². The molecule has 1 aromatic carbocycles. The van der Waals surface area contributed by atoms with E-state index >= 15 is 0 Å². The molecule has 54 valence electrons. The van der Waals surface area contributed by atoms with Crippen LogP contribution in [0.3, 0.4) is 0 Å². The van der Waals surface area contributed by atoms with Crippen LogP contribution in [0.1, 0.15) is 0 Å². The second-order valence-corrected chi connectivity index (χ2v) is 5.70. The maximum atomic E-state index is 10.4. The zero-order valence-electron chi connectivity index (χ0n) is 6.02. The molecule has 0 aliphatic heterocycles. The molecule has 0 aliphatic rings. The molecule has 0 amide bonds. The standard InChI is InChI=1S/C6H6O3Te.Na/c7-10(8,9)6-4-2-1-3-5-6;/h1-5H,(H,7,8,9);/q;+1/p-1. The van der Waals surface area contributed by atoms with E-state index in [1.54, 1.807) is 6.07 Å². The van der Waals surface area contributed by atoms with Crippen LogP contribution in [-0.4, -0.2) is 18.6 Å². The average molecular weight is 276 g/mol. The van der Waals surface area contributed by atoms with Crippen molar-refractivity contribution in [2.24, 2.45) is 0 Å². The zero-order valence-corrected chi connectivity index (χ0v) is 10.4. The monoisotopic (exact) mass is 278 g/mol. The van der Waals surface area contributed by atoms with E-state index in [-0.39, 0.29) is 33.2 Å². The SMILES string of the molecule is O=[Te](=O)([O-])c1ccccc1.[Na+]. The molecular weight excluding hydrogens is 271 g/mol. The van der Waals surface area contributed by atoms with Crippen LogP contribution < -0.4 is 36.6 Å². The average Bonchev–Trinajstić information content (AvgIpc) is 1.88. The topological polar surface area (TPSA) is 57.2 Å². The molecule has 0 aromatic heterocycles. The summed E-state index contributed by atoms with van der Waals surface area (Å²) in [6, 6.07) is 7.35. The van der Waals surface area contributed by atoms with E-state index in [4.69, 9.17) is 0 Å². The molecule has 0 spiro atoms. The van der Waals surface area contributed by atoms with Gasteiger partial charge in [0.2, 0.25) is 0 Å². The second kappa shape index (κ2) is 4.56. The summed E-state index contributed by atoms with van der Waals surface area (Å²) in [4.78, 5) is 0. The summed E-state index contributed by atoms with van der Waals surface area (Å²) in [5.41, 5.74) is 0. The summed E-state index contributed by atoms with van der Waals surface area (Å²) < 4.78 is 31.1. The first-order valence-corrected chi connectivity index (χ1v) is 6.63. The van der Waals surface area contributed by atoms with Crippen LogP contribution in [0.25, 0.3) is 0 Å². The van der Waals surface area contributed by atoms with Gasteiger partial charge in [-0.1, -0.05) is 0 Å². The fourth-order valence-corrected chi connectivity index (χ4v) is 1.99. The third kappa shape index (κ3) is 3.66. The number of hydrogen-bond donors (Lipinski definition) is 0. The van der Waals surface area contributed by atoms with E-state index in [1.165, 1.54) is 24.3 Å². The Labute approximate surface area is 90.8 Å². The normalized spacial score (nSPS) is 10.3. The molecule has 0 N–H and O–H groups in total. The van der Waals surface area contributed by atoms with Crippen LogP contribution >= 0.6 is 0 Å². The molecule has 0 unspecified atom stereocenters. The minimum Gasteiger partial charge on any atom is 1.00 e. The number of rotatable bonds is 1. The fourth-order valence-electron chi connectivity index (χ4n) is 0.587. The van der Waals surface area contributed by atoms with Crippen molar-refractivity contribution in [1.29, 1.82) is 0 Å². The molecule has 11 heavy (non-hydrogen) atoms. The predicted molar refractivity (Wildman–Crippen MR) is 33.2 cm³/mol. The summed E-state index contributed by atoms with van der Waals surface area (Å²) in [5.74, 6) is 0. The summed E-state index contributed by atoms with van der Waals surface area (Å²) >= 11 is -5.27. The van der Waals surface area contributed by atoms with Crippen molar-refractivity contribution < 1.29 is 39.2 Å². The van der Waals surface area contributed by atoms with Crippen molar-refractivity contribution in [2.45, 2.75) is 0 Å². The van der Waals surface area contributed by atoms with Crippen LogP contribution in [0.4, 0.5) is 0 Å². The van der Waals surface area contributed by atoms with E-state index in [9.17, 15) is 9.68 Å². The molecule has 0 heterocycles. The van der Waals surface area contributed by atoms with Crippen LogP contribution in [0, 0.1) is 0 Å². The van der Waals surface area contributed by atoms with Crippen molar-refractivity contribution in [1.82, 2.24) is 0 Å². The van der Waals surface area contributed by atoms with Crippen molar-refractivity contribution in [3.05, 3.63) is 30.3 Å². The molecule has 0 aliphatic carbocycles. The Hall–Kier alpha value is 0.570. The van der Waals surface area contributed by atoms with Gasteiger partial charge in [0.15, 0.2) is 0 Å². The Morgan fingerprint density at radius 1 is 1.09 bits per heavy atom. The van der Waals surface area contributed by atoms with Crippen molar-refractivity contribution in [3.8, 4) is 0 Å². The van der Waals surface area contributed by atoms with Crippen molar-refractivity contribution in [2.75, 3.05) is 0 Å². The van der Waals surface area contributed by atoms with Crippen molar-refractivity contribution in [3.63, 3.8) is 0 Å². The van der Waals surface area contributed by atoms with Gasteiger partial charge in [-0.15, -0.1) is 0 Å². The maximum absolute atomic E-state index is 10.4. The molecular formula is C6H5NaO3Te. The third-order valence-corrected chi connectivity index (χ3v) is 3.46. The summed E-state index contributed by atoms with van der Waals surface area (Å²) in [6.45, 7) is 0. The molecule has 0 saturated carbocycles. The van der Waals surface area contributed by atoms with Gasteiger partial charge in [0, 0.05) is 0 Å². The summed E-state index contributed by atoms with van der Waals surface area (Å²) in [6.07, 6.45) is 0. The Bertz CT molecular complexity index is 306. The smallest absolute Gasteiger partial charge is 1.00 e. The quantitative estimate of drug-likeness (QED) is 0.492. The molecule has 0 radical (unpaired) electrons. The minimum absolute atomic E-state index is 0. The molecule has 3 nitrogen and oxygen atoms in total. The fraction of sp³-hybridized carbons (Fsp3) is 0. The first-order valence-electron chi connectivity index (χ1n) is 2.61. The van der Waals surface area contributed by atoms with E-state index < -0.39 is 18.6 Å². The molecule has 0 saturated heterocycles. The van der Waals surface area contributed by atoms with E-state index in [0.717, 1.165) is 0 Å². The first kappa shape index (κ1) is 11.6. The Kier molecular flexibility index (Phi) is 4.80. The third-order valence-electron chi connectivity index (χ3n) is 1.03. The molecule has 0 bridgehead atoms. The zero-order chi connectivity index (χ0) is 7.61. The Morgan fingerprint density at radius 2 is 1.55 bits per heavy atom. The maximum Gasteiger partial charge on any atom is 1.00 e. The predicted octanol–water partition coefficient (Wildman–Crippen LogP) is -3.94. The van der Waals surface area contributed by atoms with Gasteiger partial charge in [0.1, 0.15) is 0 Å². The van der Waals surface area contributed by atoms with Crippen LogP contribution in [0.5, 0.6) is 0 Å². The van der Waals surface area contributed by atoms with Gasteiger partial charge in [-0.05, 0) is 0 Å². The van der Waals surface area contributed by atoms with Crippen molar-refractivity contribution >= 4 is 22.2 Å². The molecule has 1 rings (SSSR count). The van der Waals surface area contributed by atoms with Crippen LogP contribution in [0.15, 0.2) is 30.3 Å². The van der Waals surface area contributed by atoms with Gasteiger partial charge < -0.3 is 0 Å². The van der Waals surface area contributed by atoms with E-state index in [2.05, 4.69) is 0 Å². The number of hydrogen-bond acceptors (Lipinski definition) is 3. The van der Waals surface area contributed by atoms with E-state index in [0.29, 0.717) is 0 Å². The molecule has 5 heteroatoms. The van der Waals surface area contributed by atoms with E-state index in [1.807, 2.05) is 0 Å². The van der Waals surface area contributed by atoms with Gasteiger partial charge in [0.05, 0.1) is 0 Å². The van der Waals surface area contributed by atoms with Gasteiger partial charge in [0.25, 0.3) is 0 Å². The second-order valence-electron chi connectivity index (χ2n) is 1.77. The summed E-state index contributed by atoms with van der Waals surface area (Å²) in [7, 11) is 0. The number of benzene rings is 1. The van der Waals surface area contributed by atoms with Gasteiger partial charge in [-0.3, -0.25) is 0 Å². The molecule has 1 aromatic rings. The Balaban J connectivity index is 0.000001000. The van der Waals surface area contributed by atoms with Gasteiger partial charge >= 0.3 is 91.7 Å². The molecule has 0 fully saturated rings. The summed E-state index contributed by atoms with van der Waals surface area (Å²) in [5, 5.41) is 0. The Morgan fingerprint density at radius 3 is 1.82 bits per heavy atom. The van der Waals surface area contributed by atoms with Crippen LogP contribution in [0.2, 0.25) is 0 Å². The van der Waals surface area contributed by atoms with Gasteiger partial charge in [-0.25, -0.2) is 0 Å².